The van der Waals surface area contributed by atoms with Gasteiger partial charge in [0.25, 0.3) is 0 Å². The Balaban J connectivity index is 1.58. The molecule has 4 aliphatic rings. The lowest BCUT2D eigenvalue weighted by atomic mass is 9.33. The van der Waals surface area contributed by atoms with Crippen molar-refractivity contribution in [3.63, 3.8) is 0 Å². The van der Waals surface area contributed by atoms with Crippen LogP contribution in [0.4, 0.5) is 0 Å². The first-order valence-electron chi connectivity index (χ1n) is 15.1. The van der Waals surface area contributed by atoms with Crippen LogP contribution in [0.5, 0.6) is 0 Å². The Morgan fingerprint density at radius 1 is 0.806 bits per heavy atom. The number of fused-ring (bicyclic) bond motifs is 5. The Kier molecular flexibility index (Phi) is 7.37. The van der Waals surface area contributed by atoms with Gasteiger partial charge in [0.05, 0.1) is 24.4 Å². The van der Waals surface area contributed by atoms with E-state index >= 15 is 0 Å². The first kappa shape index (κ1) is 28.8. The predicted molar refractivity (Wildman–Crippen MR) is 147 cm³/mol. The van der Waals surface area contributed by atoms with Crippen molar-refractivity contribution in [2.24, 2.45) is 50.7 Å². The van der Waals surface area contributed by atoms with Crippen LogP contribution in [0.3, 0.4) is 0 Å². The largest absolute Gasteiger partial charge is 0.396 e. The molecule has 3 N–H and O–H groups in total. The minimum atomic E-state index is -0.495. The Labute approximate surface area is 222 Å². The van der Waals surface area contributed by atoms with Crippen molar-refractivity contribution in [3.8, 4) is 0 Å². The third-order valence-electron chi connectivity index (χ3n) is 14.4. The van der Waals surface area contributed by atoms with Crippen LogP contribution in [-0.2, 0) is 4.74 Å². The Morgan fingerprint density at radius 2 is 1.33 bits per heavy atom. The monoisotopic (exact) mass is 506 g/mol. The molecule has 0 heterocycles. The maximum atomic E-state index is 11.0. The zero-order valence-electron chi connectivity index (χ0n) is 25.0. The van der Waals surface area contributed by atoms with Gasteiger partial charge in [0.1, 0.15) is 0 Å². The average molecular weight is 507 g/mol. The summed E-state index contributed by atoms with van der Waals surface area (Å²) >= 11 is 0. The van der Waals surface area contributed by atoms with E-state index in [1.807, 2.05) is 13.8 Å². The molecular formula is C32H58O4. The van der Waals surface area contributed by atoms with E-state index in [1.54, 1.807) is 7.11 Å². The highest BCUT2D eigenvalue weighted by molar-refractivity contribution is 5.20. The molecule has 4 nitrogen and oxygen atoms in total. The van der Waals surface area contributed by atoms with Gasteiger partial charge >= 0.3 is 0 Å². The lowest BCUT2D eigenvalue weighted by Gasteiger charge is -2.72. The number of aliphatic hydroxyl groups excluding tert-OH is 3. The fraction of sp³-hybridized carbons (Fsp3) is 1.00. The fourth-order valence-corrected chi connectivity index (χ4v) is 11.0. The summed E-state index contributed by atoms with van der Waals surface area (Å²) in [5.74, 6) is 2.37. The van der Waals surface area contributed by atoms with Crippen LogP contribution in [0.1, 0.15) is 120 Å². The van der Waals surface area contributed by atoms with Crippen LogP contribution in [0.25, 0.3) is 0 Å². The van der Waals surface area contributed by atoms with Crippen LogP contribution in [0.15, 0.2) is 0 Å². The zero-order chi connectivity index (χ0) is 26.9. The number of aliphatic hydroxyl groups is 3. The molecule has 11 atom stereocenters. The molecule has 0 aliphatic heterocycles. The molecule has 0 aromatic rings. The van der Waals surface area contributed by atoms with E-state index in [1.165, 1.54) is 32.1 Å². The molecule has 0 aromatic heterocycles. The number of methoxy groups -OCH3 is 1. The summed E-state index contributed by atoms with van der Waals surface area (Å²) < 4.78 is 5.55. The van der Waals surface area contributed by atoms with Crippen LogP contribution >= 0.6 is 0 Å². The maximum absolute atomic E-state index is 11.0. The molecule has 210 valence electrons. The summed E-state index contributed by atoms with van der Waals surface area (Å²) in [6, 6.07) is 0. The summed E-state index contributed by atoms with van der Waals surface area (Å²) in [5.41, 5.74) is 0.185. The van der Waals surface area contributed by atoms with E-state index in [2.05, 4.69) is 41.5 Å². The molecule has 4 aliphatic carbocycles. The Morgan fingerprint density at radius 3 is 1.94 bits per heavy atom. The molecule has 0 aromatic carbocycles. The van der Waals surface area contributed by atoms with E-state index < -0.39 is 11.7 Å². The van der Waals surface area contributed by atoms with Gasteiger partial charge in [-0.05, 0) is 123 Å². The van der Waals surface area contributed by atoms with Gasteiger partial charge in [0.2, 0.25) is 0 Å². The highest BCUT2D eigenvalue weighted by atomic mass is 16.5. The minimum Gasteiger partial charge on any atom is -0.396 e. The first-order chi connectivity index (χ1) is 16.6. The molecule has 0 unspecified atom stereocenters. The van der Waals surface area contributed by atoms with Gasteiger partial charge in [0, 0.05) is 12.5 Å². The van der Waals surface area contributed by atoms with E-state index in [0.29, 0.717) is 34.5 Å². The average Bonchev–Trinajstić information content (AvgIpc) is 3.12. The second-order valence-electron chi connectivity index (χ2n) is 15.6. The van der Waals surface area contributed by atoms with Crippen molar-refractivity contribution in [2.75, 3.05) is 13.7 Å². The van der Waals surface area contributed by atoms with Gasteiger partial charge in [-0.25, -0.2) is 0 Å². The normalized spacial score (nSPS) is 50.7. The number of ether oxygens (including phenoxy) is 1. The van der Waals surface area contributed by atoms with Crippen molar-refractivity contribution in [2.45, 2.75) is 137 Å². The SMILES string of the molecule is COC(C)(C)[C@@H](O)CC[C@@H](C)[C@H]1CC[C@@]2(C)[C@@H]3CC[C@@H]4[C@](C)(CO)[C@@H](O)CC[C@]4(C)[C@]3(C)CC[C@]12C. The highest BCUT2D eigenvalue weighted by Gasteiger charge is 2.71. The smallest absolute Gasteiger partial charge is 0.0880 e. The molecule has 0 amide bonds. The van der Waals surface area contributed by atoms with E-state index in [4.69, 9.17) is 4.74 Å². The molecule has 4 fully saturated rings. The summed E-state index contributed by atoms with van der Waals surface area (Å²) in [4.78, 5) is 0. The molecule has 4 heteroatoms. The van der Waals surface area contributed by atoms with Gasteiger partial charge in [0.15, 0.2) is 0 Å². The Bertz CT molecular complexity index is 812. The van der Waals surface area contributed by atoms with E-state index in [9.17, 15) is 15.3 Å². The summed E-state index contributed by atoms with van der Waals surface area (Å²) in [6.07, 6.45) is 10.5. The van der Waals surface area contributed by atoms with E-state index in [-0.39, 0.29) is 29.0 Å². The van der Waals surface area contributed by atoms with Crippen LogP contribution in [0.2, 0.25) is 0 Å². The third-order valence-corrected chi connectivity index (χ3v) is 14.4. The van der Waals surface area contributed by atoms with Crippen LogP contribution < -0.4 is 0 Å². The molecule has 36 heavy (non-hydrogen) atoms. The molecule has 0 spiro atoms. The standard InChI is InChI=1S/C32H58O4/c1-21(10-13-25(34)27(2,3)36-9)22-14-16-31(7)24-12-11-23-28(4,20-33)26(35)15-17-30(23,6)32(24,8)19-18-29(22,31)5/h21-26,33-35H,10-20H2,1-9H3/t21-,22-,23-,24+,25+,26+,28+,29-,30+,31+,32-/m1/s1. The third kappa shape index (κ3) is 3.74. The lowest BCUT2D eigenvalue weighted by molar-refractivity contribution is -0.252. The number of hydrogen-bond acceptors (Lipinski definition) is 4. The lowest BCUT2D eigenvalue weighted by Crippen LogP contribution is -2.67. The van der Waals surface area contributed by atoms with E-state index in [0.717, 1.165) is 32.1 Å². The van der Waals surface area contributed by atoms with Crippen molar-refractivity contribution in [3.05, 3.63) is 0 Å². The first-order valence-corrected chi connectivity index (χ1v) is 15.1. The number of hydrogen-bond donors (Lipinski definition) is 3. The number of rotatable bonds is 7. The topological polar surface area (TPSA) is 69.9 Å². The quantitative estimate of drug-likeness (QED) is 0.364. The summed E-state index contributed by atoms with van der Waals surface area (Å²) in [7, 11) is 1.69. The van der Waals surface area contributed by atoms with Crippen molar-refractivity contribution < 1.29 is 20.1 Å². The summed E-state index contributed by atoms with van der Waals surface area (Å²) in [5, 5.41) is 32.2. The molecule has 4 saturated carbocycles. The van der Waals surface area contributed by atoms with Gasteiger partial charge < -0.3 is 20.1 Å². The van der Waals surface area contributed by atoms with Crippen LogP contribution in [-0.4, -0.2) is 46.8 Å². The van der Waals surface area contributed by atoms with Gasteiger partial charge in [-0.3, -0.25) is 0 Å². The second kappa shape index (κ2) is 9.20. The predicted octanol–water partition coefficient (Wildman–Crippen LogP) is 6.60. The molecule has 4 rings (SSSR count). The van der Waals surface area contributed by atoms with Crippen molar-refractivity contribution in [1.82, 2.24) is 0 Å². The Hall–Kier alpha value is -0.160. The molecule has 0 bridgehead atoms. The van der Waals surface area contributed by atoms with Gasteiger partial charge in [-0.2, -0.15) is 0 Å². The summed E-state index contributed by atoms with van der Waals surface area (Å²) in [6.45, 7) is 19.1. The van der Waals surface area contributed by atoms with Crippen molar-refractivity contribution >= 4 is 0 Å². The maximum Gasteiger partial charge on any atom is 0.0880 e. The molecular weight excluding hydrogens is 448 g/mol. The fourth-order valence-electron chi connectivity index (χ4n) is 11.0. The zero-order valence-corrected chi connectivity index (χ0v) is 25.0. The minimum absolute atomic E-state index is 0.0927. The second-order valence-corrected chi connectivity index (χ2v) is 15.6. The van der Waals surface area contributed by atoms with Gasteiger partial charge in [-0.15, -0.1) is 0 Å². The molecule has 0 saturated heterocycles. The van der Waals surface area contributed by atoms with Gasteiger partial charge in [-0.1, -0.05) is 41.5 Å². The highest BCUT2D eigenvalue weighted by Crippen LogP contribution is 2.78. The van der Waals surface area contributed by atoms with Crippen molar-refractivity contribution in [1.29, 1.82) is 0 Å². The molecule has 0 radical (unpaired) electrons. The van der Waals surface area contributed by atoms with Crippen LogP contribution in [0, 0.1) is 50.7 Å².